The van der Waals surface area contributed by atoms with E-state index in [1.165, 1.54) is 0 Å². The van der Waals surface area contributed by atoms with Crippen molar-refractivity contribution < 1.29 is 27.9 Å². The maximum absolute atomic E-state index is 13.8. The van der Waals surface area contributed by atoms with Gasteiger partial charge >= 0.3 is 12.0 Å². The number of carbonyl (C=O) groups excluding carboxylic acids is 3. The Balaban J connectivity index is 1.58. The predicted octanol–water partition coefficient (Wildman–Crippen LogP) is 3.20. The summed E-state index contributed by atoms with van der Waals surface area (Å²) in [5, 5.41) is 5.03. The predicted molar refractivity (Wildman–Crippen MR) is 109 cm³/mol. The van der Waals surface area contributed by atoms with Gasteiger partial charge in [0, 0.05) is 11.0 Å². The highest BCUT2D eigenvalue weighted by Crippen LogP contribution is 2.35. The molecule has 31 heavy (non-hydrogen) atoms. The Labute approximate surface area is 180 Å². The summed E-state index contributed by atoms with van der Waals surface area (Å²) in [4.78, 5) is 39.7. The van der Waals surface area contributed by atoms with Crippen molar-refractivity contribution in [3.8, 4) is 0 Å². The van der Waals surface area contributed by atoms with E-state index in [1.54, 1.807) is 11.8 Å². The minimum absolute atomic E-state index is 0.154. The van der Waals surface area contributed by atoms with Crippen molar-refractivity contribution in [2.24, 2.45) is 0 Å². The number of amides is 3. The fourth-order valence-corrected chi connectivity index (χ4v) is 3.86. The van der Waals surface area contributed by atoms with Gasteiger partial charge in [-0.15, -0.1) is 11.8 Å². The lowest BCUT2D eigenvalue weighted by Gasteiger charge is -2.32. The van der Waals surface area contributed by atoms with Crippen LogP contribution in [0.25, 0.3) is 0 Å². The van der Waals surface area contributed by atoms with Crippen molar-refractivity contribution >= 4 is 35.4 Å². The molecule has 0 unspecified atom stereocenters. The third kappa shape index (κ3) is 4.11. The maximum atomic E-state index is 13.8. The zero-order valence-corrected chi connectivity index (χ0v) is 17.1. The van der Waals surface area contributed by atoms with E-state index in [1.807, 2.05) is 30.5 Å². The number of rotatable bonds is 5. The standard InChI is InChI=1S/C21H17F2N3O4S/c1-31-13-5-2-11(3-6-13)19-18-16(10-30-20(18)28)26(21(29)25-19)9-17(27)24-15-7-4-12(22)8-14(15)23/h2-8,19H,9-10H2,1H3,(H,24,27)(H,25,29)/t19-/m1/s1. The molecule has 2 heterocycles. The van der Waals surface area contributed by atoms with Crippen LogP contribution in [0.2, 0.25) is 0 Å². The monoisotopic (exact) mass is 445 g/mol. The Kier molecular flexibility index (Phi) is 5.64. The second-order valence-corrected chi connectivity index (χ2v) is 7.73. The summed E-state index contributed by atoms with van der Waals surface area (Å²) < 4.78 is 32.0. The molecule has 0 saturated carbocycles. The van der Waals surface area contributed by atoms with Crippen molar-refractivity contribution in [1.29, 1.82) is 0 Å². The average Bonchev–Trinajstić information content (AvgIpc) is 3.13. The molecule has 0 spiro atoms. The molecule has 0 aliphatic carbocycles. The summed E-state index contributed by atoms with van der Waals surface area (Å²) in [6, 6.07) is 8.81. The van der Waals surface area contributed by atoms with Crippen LogP contribution < -0.4 is 10.6 Å². The van der Waals surface area contributed by atoms with E-state index in [4.69, 9.17) is 4.74 Å². The first-order chi connectivity index (χ1) is 14.9. The van der Waals surface area contributed by atoms with Gasteiger partial charge in [-0.05, 0) is 36.1 Å². The third-order valence-corrected chi connectivity index (χ3v) is 5.70. The number of nitrogens with zero attached hydrogens (tertiary/aromatic N) is 1. The summed E-state index contributed by atoms with van der Waals surface area (Å²) in [5.41, 5.74) is 1.01. The van der Waals surface area contributed by atoms with Gasteiger partial charge in [-0.25, -0.2) is 18.4 Å². The van der Waals surface area contributed by atoms with Crippen LogP contribution in [0.5, 0.6) is 0 Å². The molecular formula is C21H17F2N3O4S. The van der Waals surface area contributed by atoms with E-state index in [2.05, 4.69) is 10.6 Å². The first-order valence-electron chi connectivity index (χ1n) is 9.24. The molecule has 2 N–H and O–H groups in total. The zero-order valence-electron chi connectivity index (χ0n) is 16.3. The second kappa shape index (κ2) is 8.38. The minimum Gasteiger partial charge on any atom is -0.456 e. The molecular weight excluding hydrogens is 428 g/mol. The zero-order chi connectivity index (χ0) is 22.1. The molecule has 2 aliphatic heterocycles. The molecule has 0 fully saturated rings. The topological polar surface area (TPSA) is 87.7 Å². The number of anilines is 1. The van der Waals surface area contributed by atoms with Gasteiger partial charge in [0.25, 0.3) is 0 Å². The van der Waals surface area contributed by atoms with E-state index in [0.717, 1.165) is 21.9 Å². The summed E-state index contributed by atoms with van der Waals surface area (Å²) >= 11 is 1.56. The molecule has 0 saturated heterocycles. The number of ether oxygens (including phenoxy) is 1. The number of carbonyl (C=O) groups is 3. The molecule has 0 aromatic heterocycles. The van der Waals surface area contributed by atoms with Crippen molar-refractivity contribution in [2.45, 2.75) is 10.9 Å². The van der Waals surface area contributed by atoms with Crippen LogP contribution in [-0.4, -0.2) is 42.2 Å². The van der Waals surface area contributed by atoms with Gasteiger partial charge in [-0.1, -0.05) is 12.1 Å². The largest absolute Gasteiger partial charge is 0.456 e. The fourth-order valence-electron chi connectivity index (χ4n) is 3.45. The van der Waals surface area contributed by atoms with E-state index in [0.29, 0.717) is 11.6 Å². The van der Waals surface area contributed by atoms with Crippen molar-refractivity contribution in [2.75, 3.05) is 24.7 Å². The number of hydrogen-bond donors (Lipinski definition) is 2. The number of hydrogen-bond acceptors (Lipinski definition) is 5. The highest BCUT2D eigenvalue weighted by molar-refractivity contribution is 7.98. The summed E-state index contributed by atoms with van der Waals surface area (Å²) in [6.07, 6.45) is 1.94. The van der Waals surface area contributed by atoms with Gasteiger partial charge in [0.1, 0.15) is 24.8 Å². The Morgan fingerprint density at radius 2 is 1.97 bits per heavy atom. The van der Waals surface area contributed by atoms with Crippen molar-refractivity contribution in [3.05, 3.63) is 70.9 Å². The molecule has 7 nitrogen and oxygen atoms in total. The number of esters is 1. The Hall–Kier alpha value is -3.40. The number of urea groups is 1. The Bertz CT molecular complexity index is 1100. The molecule has 3 amide bonds. The number of thioether (sulfide) groups is 1. The van der Waals surface area contributed by atoms with Crippen LogP contribution >= 0.6 is 11.8 Å². The number of nitrogens with one attached hydrogen (secondary N) is 2. The van der Waals surface area contributed by atoms with Crippen LogP contribution in [0, 0.1) is 11.6 Å². The van der Waals surface area contributed by atoms with Crippen molar-refractivity contribution in [3.63, 3.8) is 0 Å². The highest BCUT2D eigenvalue weighted by atomic mass is 32.2. The molecule has 10 heteroatoms. The first kappa shape index (κ1) is 20.9. The molecule has 0 radical (unpaired) electrons. The molecule has 2 aromatic carbocycles. The van der Waals surface area contributed by atoms with Crippen LogP contribution in [0.4, 0.5) is 19.3 Å². The first-order valence-corrected chi connectivity index (χ1v) is 10.5. The molecule has 4 rings (SSSR count). The molecule has 2 aromatic rings. The van der Waals surface area contributed by atoms with E-state index in [-0.39, 0.29) is 23.6 Å². The average molecular weight is 445 g/mol. The summed E-state index contributed by atoms with van der Waals surface area (Å²) in [7, 11) is 0. The van der Waals surface area contributed by atoms with Crippen LogP contribution in [0.3, 0.4) is 0 Å². The lowest BCUT2D eigenvalue weighted by Crippen LogP contribution is -2.49. The highest BCUT2D eigenvalue weighted by Gasteiger charge is 2.42. The van der Waals surface area contributed by atoms with E-state index >= 15 is 0 Å². The smallest absolute Gasteiger partial charge is 0.338 e. The molecule has 1 atom stereocenters. The molecule has 0 bridgehead atoms. The fraction of sp³-hybridized carbons (Fsp3) is 0.190. The summed E-state index contributed by atoms with van der Waals surface area (Å²) in [6.45, 7) is -0.630. The van der Waals surface area contributed by atoms with Crippen LogP contribution in [-0.2, 0) is 14.3 Å². The Morgan fingerprint density at radius 3 is 2.65 bits per heavy atom. The van der Waals surface area contributed by atoms with E-state index in [9.17, 15) is 23.2 Å². The lowest BCUT2D eigenvalue weighted by molar-refractivity contribution is -0.136. The van der Waals surface area contributed by atoms with Gasteiger partial charge in [0.15, 0.2) is 0 Å². The SMILES string of the molecule is CSc1ccc([C@H]2NC(=O)N(CC(=O)Nc3ccc(F)cc3F)C3=C2C(=O)OC3)cc1. The van der Waals surface area contributed by atoms with Gasteiger partial charge in [0.2, 0.25) is 5.91 Å². The number of cyclic esters (lactones) is 1. The van der Waals surface area contributed by atoms with Gasteiger partial charge in [-0.2, -0.15) is 0 Å². The quantitative estimate of drug-likeness (QED) is 0.545. The van der Waals surface area contributed by atoms with Crippen LogP contribution in [0.1, 0.15) is 11.6 Å². The van der Waals surface area contributed by atoms with E-state index < -0.39 is 42.1 Å². The van der Waals surface area contributed by atoms with Gasteiger partial charge in [0.05, 0.1) is 23.0 Å². The number of halogens is 2. The minimum atomic E-state index is -0.940. The van der Waals surface area contributed by atoms with Gasteiger partial charge < -0.3 is 15.4 Å². The Morgan fingerprint density at radius 1 is 1.23 bits per heavy atom. The molecule has 2 aliphatic rings. The normalized spacial score (nSPS) is 17.9. The lowest BCUT2D eigenvalue weighted by atomic mass is 9.96. The summed E-state index contributed by atoms with van der Waals surface area (Å²) in [5.74, 6) is -3.01. The molecule has 160 valence electrons. The van der Waals surface area contributed by atoms with Gasteiger partial charge in [-0.3, -0.25) is 9.69 Å². The maximum Gasteiger partial charge on any atom is 0.338 e. The van der Waals surface area contributed by atoms with Crippen LogP contribution in [0.15, 0.2) is 58.6 Å². The van der Waals surface area contributed by atoms with Crippen molar-refractivity contribution in [1.82, 2.24) is 10.2 Å². The third-order valence-electron chi connectivity index (χ3n) is 4.95. The number of benzene rings is 2. The second-order valence-electron chi connectivity index (χ2n) is 6.85.